The number of benzene rings is 3. The van der Waals surface area contributed by atoms with Gasteiger partial charge in [0.1, 0.15) is 12.4 Å². The van der Waals surface area contributed by atoms with E-state index in [2.05, 4.69) is 25.9 Å². The molecule has 1 N–H and O–H groups in total. The van der Waals surface area contributed by atoms with Gasteiger partial charge in [-0.1, -0.05) is 57.9 Å². The first-order chi connectivity index (χ1) is 13.4. The Labute approximate surface area is 173 Å². The molecule has 0 saturated carbocycles. The maximum absolute atomic E-state index is 12.3. The number of hydrogen-bond acceptors (Lipinski definition) is 4. The molecule has 0 aliphatic heterocycles. The third-order valence-electron chi connectivity index (χ3n) is 3.91. The lowest BCUT2D eigenvalue weighted by molar-refractivity contribution is 0.305. The molecule has 0 saturated heterocycles. The van der Waals surface area contributed by atoms with E-state index < -0.39 is 10.0 Å². The van der Waals surface area contributed by atoms with Crippen LogP contribution in [0.1, 0.15) is 16.7 Å². The lowest BCUT2D eigenvalue weighted by Crippen LogP contribution is -2.18. The number of nitrogens with one attached hydrogen (secondary N) is 1. The van der Waals surface area contributed by atoms with Crippen LogP contribution in [0, 0.1) is 6.92 Å². The van der Waals surface area contributed by atoms with E-state index in [1.807, 2.05) is 49.4 Å². The molecule has 0 aliphatic rings. The molecule has 3 aromatic carbocycles. The van der Waals surface area contributed by atoms with Crippen molar-refractivity contribution in [2.45, 2.75) is 18.4 Å². The van der Waals surface area contributed by atoms with Gasteiger partial charge in [-0.15, -0.1) is 0 Å². The Kier molecular flexibility index (Phi) is 6.49. The molecule has 144 valence electrons. The predicted octanol–water partition coefficient (Wildman–Crippen LogP) is 4.65. The molecule has 0 heterocycles. The molecule has 0 aliphatic carbocycles. The third kappa shape index (κ3) is 5.43. The van der Waals surface area contributed by atoms with Crippen LogP contribution in [-0.4, -0.2) is 14.6 Å². The Morgan fingerprint density at radius 1 is 1.04 bits per heavy atom. The van der Waals surface area contributed by atoms with Crippen LogP contribution in [0.2, 0.25) is 0 Å². The van der Waals surface area contributed by atoms with Crippen molar-refractivity contribution in [1.82, 2.24) is 4.83 Å². The molecule has 7 heteroatoms. The summed E-state index contributed by atoms with van der Waals surface area (Å²) in [6.07, 6.45) is 1.43. The van der Waals surface area contributed by atoms with Crippen LogP contribution >= 0.6 is 15.9 Å². The maximum atomic E-state index is 12.3. The van der Waals surface area contributed by atoms with E-state index in [1.54, 1.807) is 30.3 Å². The topological polar surface area (TPSA) is 67.8 Å². The number of hydrazone groups is 1. The van der Waals surface area contributed by atoms with Crippen LogP contribution in [-0.2, 0) is 16.6 Å². The van der Waals surface area contributed by atoms with E-state index in [0.717, 1.165) is 15.6 Å². The minimum Gasteiger partial charge on any atom is -0.488 e. The van der Waals surface area contributed by atoms with E-state index >= 15 is 0 Å². The highest BCUT2D eigenvalue weighted by Crippen LogP contribution is 2.19. The first kappa shape index (κ1) is 20.1. The normalized spacial score (nSPS) is 11.5. The number of halogens is 1. The second kappa shape index (κ2) is 9.03. The molecule has 0 spiro atoms. The molecule has 0 radical (unpaired) electrons. The summed E-state index contributed by atoms with van der Waals surface area (Å²) in [4.78, 5) is 2.39. The Balaban J connectivity index is 1.69. The standard InChI is InChI=1S/C21H19BrN2O3S/c1-16-9-11-20(12-10-16)28(25,26)24-23-14-18-6-2-3-8-21(18)27-15-17-5-4-7-19(22)13-17/h2-14,24H,15H2,1H3/b23-14+. The van der Waals surface area contributed by atoms with Gasteiger partial charge in [-0.3, -0.25) is 0 Å². The fourth-order valence-electron chi connectivity index (χ4n) is 2.44. The van der Waals surface area contributed by atoms with E-state index in [4.69, 9.17) is 4.74 Å². The lowest BCUT2D eigenvalue weighted by atomic mass is 10.2. The average Bonchev–Trinajstić information content (AvgIpc) is 2.67. The number of aryl methyl sites for hydroxylation is 1. The molecular weight excluding hydrogens is 440 g/mol. The highest BCUT2D eigenvalue weighted by atomic mass is 79.9. The SMILES string of the molecule is Cc1ccc(S(=O)(=O)N/N=C/c2ccccc2OCc2cccc(Br)c2)cc1. The van der Waals surface area contributed by atoms with Gasteiger partial charge in [0, 0.05) is 10.0 Å². The summed E-state index contributed by atoms with van der Waals surface area (Å²) in [5, 5.41) is 3.89. The number of ether oxygens (including phenoxy) is 1. The van der Waals surface area contributed by atoms with E-state index in [0.29, 0.717) is 17.9 Å². The van der Waals surface area contributed by atoms with Gasteiger partial charge in [0.05, 0.1) is 11.1 Å². The van der Waals surface area contributed by atoms with Crippen LogP contribution in [0.3, 0.4) is 0 Å². The minimum atomic E-state index is -3.71. The molecule has 5 nitrogen and oxygen atoms in total. The van der Waals surface area contributed by atoms with Gasteiger partial charge < -0.3 is 4.74 Å². The number of sulfonamides is 1. The Morgan fingerprint density at radius 2 is 1.79 bits per heavy atom. The van der Waals surface area contributed by atoms with E-state index in [9.17, 15) is 8.42 Å². The molecule has 0 atom stereocenters. The van der Waals surface area contributed by atoms with Crippen LogP contribution in [0.15, 0.2) is 87.3 Å². The highest BCUT2D eigenvalue weighted by molar-refractivity contribution is 9.10. The largest absolute Gasteiger partial charge is 0.488 e. The summed E-state index contributed by atoms with van der Waals surface area (Å²) in [5.74, 6) is 0.612. The number of hydrogen-bond donors (Lipinski definition) is 1. The molecule has 3 rings (SSSR count). The smallest absolute Gasteiger partial charge is 0.276 e. The van der Waals surface area contributed by atoms with E-state index in [1.165, 1.54) is 6.21 Å². The summed E-state index contributed by atoms with van der Waals surface area (Å²) in [6.45, 7) is 2.28. The Bertz CT molecular complexity index is 1080. The summed E-state index contributed by atoms with van der Waals surface area (Å²) in [5.41, 5.74) is 2.67. The summed E-state index contributed by atoms with van der Waals surface area (Å²) in [7, 11) is -3.71. The maximum Gasteiger partial charge on any atom is 0.276 e. The van der Waals surface area contributed by atoms with Crippen LogP contribution < -0.4 is 9.57 Å². The predicted molar refractivity (Wildman–Crippen MR) is 114 cm³/mol. The Hall–Kier alpha value is -2.64. The molecule has 0 aromatic heterocycles. The second-order valence-corrected chi connectivity index (χ2v) is 8.70. The van der Waals surface area contributed by atoms with Gasteiger partial charge in [-0.05, 0) is 48.9 Å². The summed E-state index contributed by atoms with van der Waals surface area (Å²) in [6, 6.07) is 21.7. The second-order valence-electron chi connectivity index (χ2n) is 6.12. The molecule has 0 unspecified atom stereocenters. The van der Waals surface area contributed by atoms with Crippen LogP contribution in [0.5, 0.6) is 5.75 Å². The molecule has 28 heavy (non-hydrogen) atoms. The fourth-order valence-corrected chi connectivity index (χ4v) is 3.68. The third-order valence-corrected chi connectivity index (χ3v) is 5.64. The zero-order chi connectivity index (χ0) is 20.0. The number of rotatable bonds is 7. The number of para-hydroxylation sites is 1. The highest BCUT2D eigenvalue weighted by Gasteiger charge is 2.12. The average molecular weight is 459 g/mol. The van der Waals surface area contributed by atoms with Crippen molar-refractivity contribution in [3.8, 4) is 5.75 Å². The van der Waals surface area contributed by atoms with Crippen molar-refractivity contribution in [3.05, 3.63) is 94.0 Å². The monoisotopic (exact) mass is 458 g/mol. The van der Waals surface area contributed by atoms with Gasteiger partial charge in [0.15, 0.2) is 0 Å². The first-order valence-corrected chi connectivity index (χ1v) is 10.8. The zero-order valence-corrected chi connectivity index (χ0v) is 17.6. The molecule has 0 amide bonds. The van der Waals surface area contributed by atoms with Crippen molar-refractivity contribution in [3.63, 3.8) is 0 Å². The zero-order valence-electron chi connectivity index (χ0n) is 15.2. The van der Waals surface area contributed by atoms with Gasteiger partial charge in [0.2, 0.25) is 0 Å². The molecule has 3 aromatic rings. The van der Waals surface area contributed by atoms with Gasteiger partial charge in [-0.25, -0.2) is 4.83 Å². The lowest BCUT2D eigenvalue weighted by Gasteiger charge is -2.09. The summed E-state index contributed by atoms with van der Waals surface area (Å²) >= 11 is 3.44. The van der Waals surface area contributed by atoms with Crippen molar-refractivity contribution in [2.24, 2.45) is 5.10 Å². The fraction of sp³-hybridized carbons (Fsp3) is 0.0952. The van der Waals surface area contributed by atoms with E-state index in [-0.39, 0.29) is 4.90 Å². The molecule has 0 fully saturated rings. The molecule has 0 bridgehead atoms. The van der Waals surface area contributed by atoms with Gasteiger partial charge in [-0.2, -0.15) is 13.5 Å². The van der Waals surface area contributed by atoms with Crippen molar-refractivity contribution in [2.75, 3.05) is 0 Å². The van der Waals surface area contributed by atoms with Crippen molar-refractivity contribution in [1.29, 1.82) is 0 Å². The van der Waals surface area contributed by atoms with Crippen molar-refractivity contribution >= 4 is 32.2 Å². The molecular formula is C21H19BrN2O3S. The van der Waals surface area contributed by atoms with Gasteiger partial charge >= 0.3 is 0 Å². The number of nitrogens with zero attached hydrogens (tertiary/aromatic N) is 1. The van der Waals surface area contributed by atoms with Gasteiger partial charge in [0.25, 0.3) is 10.0 Å². The van der Waals surface area contributed by atoms with Crippen LogP contribution in [0.4, 0.5) is 0 Å². The van der Waals surface area contributed by atoms with Crippen molar-refractivity contribution < 1.29 is 13.2 Å². The van der Waals surface area contributed by atoms with Crippen LogP contribution in [0.25, 0.3) is 0 Å². The Morgan fingerprint density at radius 3 is 2.54 bits per heavy atom. The summed E-state index contributed by atoms with van der Waals surface area (Å²) < 4.78 is 31.5. The first-order valence-electron chi connectivity index (χ1n) is 8.52. The minimum absolute atomic E-state index is 0.162. The quantitative estimate of drug-likeness (QED) is 0.413.